The molecule has 0 bridgehead atoms. The zero-order chi connectivity index (χ0) is 20.9. The Balaban J connectivity index is 0.00000272. The van der Waals surface area contributed by atoms with Crippen molar-refractivity contribution in [1.29, 1.82) is 5.41 Å². The van der Waals surface area contributed by atoms with Crippen molar-refractivity contribution < 1.29 is 18.7 Å². The zero-order valence-corrected chi connectivity index (χ0v) is 17.5. The van der Waals surface area contributed by atoms with Crippen molar-refractivity contribution in [3.63, 3.8) is 0 Å². The van der Waals surface area contributed by atoms with Gasteiger partial charge in [-0.25, -0.2) is 4.79 Å². The van der Waals surface area contributed by atoms with Gasteiger partial charge in [-0.15, -0.1) is 12.4 Å². The van der Waals surface area contributed by atoms with Crippen molar-refractivity contribution in [3.8, 4) is 0 Å². The number of carbonyl (C=O) groups is 2. The van der Waals surface area contributed by atoms with E-state index in [-0.39, 0.29) is 36.5 Å². The number of furan rings is 1. The number of hydrogen-bond donors (Lipinski definition) is 3. The maximum absolute atomic E-state index is 12.6. The molecule has 1 aromatic heterocycles. The first-order valence-electron chi connectivity index (χ1n) is 9.70. The number of hydrogen-bond acceptors (Lipinski definition) is 6. The number of amides is 2. The fraction of sp³-hybridized carbons (Fsp3) is 0.227. The van der Waals surface area contributed by atoms with Crippen LogP contribution >= 0.6 is 12.4 Å². The average molecular weight is 443 g/mol. The second-order valence-corrected chi connectivity index (χ2v) is 6.97. The van der Waals surface area contributed by atoms with Crippen molar-refractivity contribution in [2.24, 2.45) is 0 Å². The van der Waals surface area contributed by atoms with Gasteiger partial charge >= 0.3 is 6.09 Å². The highest BCUT2D eigenvalue weighted by molar-refractivity contribution is 6.06. The molecule has 31 heavy (non-hydrogen) atoms. The Bertz CT molecular complexity index is 1080. The molecule has 9 heteroatoms. The van der Waals surface area contributed by atoms with Crippen molar-refractivity contribution >= 4 is 41.2 Å². The predicted molar refractivity (Wildman–Crippen MR) is 119 cm³/mol. The highest BCUT2D eigenvalue weighted by Gasteiger charge is 2.21. The fourth-order valence-corrected chi connectivity index (χ4v) is 3.26. The minimum absolute atomic E-state index is 0. The summed E-state index contributed by atoms with van der Waals surface area (Å²) in [6, 6.07) is 16.0. The number of ether oxygens (including phenoxy) is 1. The number of fused-ring (bicyclic) bond motifs is 1. The molecule has 3 aromatic rings. The number of amidine groups is 1. The molecular weight excluding hydrogens is 420 g/mol. The molecule has 1 fully saturated rings. The van der Waals surface area contributed by atoms with E-state index in [1.807, 2.05) is 30.3 Å². The van der Waals surface area contributed by atoms with Crippen LogP contribution in [0.15, 0.2) is 59.0 Å². The molecule has 2 aromatic carbocycles. The Morgan fingerprint density at radius 1 is 1.10 bits per heavy atom. The van der Waals surface area contributed by atoms with Gasteiger partial charge in [0.1, 0.15) is 18.0 Å². The lowest BCUT2D eigenvalue weighted by atomic mass is 10.1. The van der Waals surface area contributed by atoms with E-state index in [2.05, 4.69) is 10.6 Å². The van der Waals surface area contributed by atoms with Crippen LogP contribution in [-0.4, -0.2) is 48.9 Å². The van der Waals surface area contributed by atoms with Crippen LogP contribution in [0, 0.1) is 5.41 Å². The van der Waals surface area contributed by atoms with E-state index >= 15 is 0 Å². The number of nitrogens with one attached hydrogen (secondary N) is 3. The lowest BCUT2D eigenvalue weighted by Gasteiger charge is -2.26. The van der Waals surface area contributed by atoms with Gasteiger partial charge in [0, 0.05) is 37.1 Å². The molecule has 0 atom stereocenters. The first-order chi connectivity index (χ1) is 14.6. The van der Waals surface area contributed by atoms with Gasteiger partial charge in [-0.1, -0.05) is 30.3 Å². The van der Waals surface area contributed by atoms with Crippen LogP contribution in [0.4, 0.5) is 4.79 Å². The highest BCUT2D eigenvalue weighted by Crippen LogP contribution is 2.22. The van der Waals surface area contributed by atoms with E-state index in [1.165, 1.54) is 0 Å². The predicted octanol–water partition coefficient (Wildman–Crippen LogP) is 3.15. The third-order valence-electron chi connectivity index (χ3n) is 4.86. The molecule has 0 spiro atoms. The summed E-state index contributed by atoms with van der Waals surface area (Å²) in [6.45, 7) is 2.93. The monoisotopic (exact) mass is 442 g/mol. The van der Waals surface area contributed by atoms with Gasteiger partial charge in [-0.3, -0.25) is 15.5 Å². The number of benzene rings is 2. The Morgan fingerprint density at radius 2 is 1.84 bits per heavy atom. The summed E-state index contributed by atoms with van der Waals surface area (Å²) in [5.41, 5.74) is 1.90. The molecule has 0 radical (unpaired) electrons. The van der Waals surface area contributed by atoms with Crippen LogP contribution in [0.25, 0.3) is 11.0 Å². The smallest absolute Gasteiger partial charge is 0.413 e. The van der Waals surface area contributed by atoms with E-state index in [9.17, 15) is 9.59 Å². The zero-order valence-electron chi connectivity index (χ0n) is 16.7. The van der Waals surface area contributed by atoms with Gasteiger partial charge < -0.3 is 19.4 Å². The number of alkyl carbamates (subject to hydrolysis) is 1. The average Bonchev–Trinajstić information content (AvgIpc) is 3.22. The molecule has 2 amide bonds. The molecule has 1 aliphatic rings. The molecule has 162 valence electrons. The van der Waals surface area contributed by atoms with Crippen LogP contribution in [0.1, 0.15) is 21.7 Å². The summed E-state index contributed by atoms with van der Waals surface area (Å²) < 4.78 is 10.8. The normalized spacial score (nSPS) is 13.4. The van der Waals surface area contributed by atoms with Gasteiger partial charge in [-0.2, -0.15) is 0 Å². The Kier molecular flexibility index (Phi) is 7.28. The maximum atomic E-state index is 12.6. The minimum Gasteiger partial charge on any atom is -0.451 e. The van der Waals surface area contributed by atoms with E-state index < -0.39 is 6.09 Å². The van der Waals surface area contributed by atoms with Crippen LogP contribution in [0.2, 0.25) is 0 Å². The van der Waals surface area contributed by atoms with Crippen molar-refractivity contribution in [2.75, 3.05) is 26.2 Å². The van der Waals surface area contributed by atoms with Crippen LogP contribution in [0.3, 0.4) is 0 Å². The van der Waals surface area contributed by atoms with Crippen LogP contribution < -0.4 is 10.6 Å². The Morgan fingerprint density at radius 3 is 2.58 bits per heavy atom. The Hall–Kier alpha value is -3.36. The van der Waals surface area contributed by atoms with Crippen molar-refractivity contribution in [2.45, 2.75) is 6.61 Å². The summed E-state index contributed by atoms with van der Waals surface area (Å²) in [5.74, 6) is 0.0314. The molecule has 1 saturated heterocycles. The van der Waals surface area contributed by atoms with E-state index in [4.69, 9.17) is 14.6 Å². The fourth-order valence-electron chi connectivity index (χ4n) is 3.26. The number of nitrogens with zero attached hydrogens (tertiary/aromatic N) is 1. The second-order valence-electron chi connectivity index (χ2n) is 6.97. The van der Waals surface area contributed by atoms with Gasteiger partial charge in [0.15, 0.2) is 5.76 Å². The molecular formula is C22H23ClN4O4. The lowest BCUT2D eigenvalue weighted by molar-refractivity contribution is 0.0706. The highest BCUT2D eigenvalue weighted by atomic mass is 35.5. The molecule has 0 unspecified atom stereocenters. The van der Waals surface area contributed by atoms with Crippen molar-refractivity contribution in [3.05, 3.63) is 71.5 Å². The summed E-state index contributed by atoms with van der Waals surface area (Å²) in [6.07, 6.45) is -0.703. The number of rotatable bonds is 4. The first kappa shape index (κ1) is 22.3. The summed E-state index contributed by atoms with van der Waals surface area (Å²) in [5, 5.41) is 14.5. The van der Waals surface area contributed by atoms with Gasteiger partial charge in [-0.05, 0) is 29.8 Å². The molecule has 3 N–H and O–H groups in total. The lowest BCUT2D eigenvalue weighted by Crippen LogP contribution is -2.46. The van der Waals surface area contributed by atoms with E-state index in [0.717, 1.165) is 18.7 Å². The molecule has 8 nitrogen and oxygen atoms in total. The Labute approximate surface area is 185 Å². The number of halogens is 1. The molecule has 1 aliphatic heterocycles. The molecule has 0 saturated carbocycles. The quantitative estimate of drug-likeness (QED) is 0.425. The summed E-state index contributed by atoms with van der Waals surface area (Å²) in [7, 11) is 0. The van der Waals surface area contributed by atoms with Crippen LogP contribution in [0.5, 0.6) is 0 Å². The SMILES string of the molecule is Cl.N=C(NC(=O)OCc1ccccc1)c1ccc2oc(C(=O)N3CCNCC3)cc2c1. The second kappa shape index (κ2) is 10.1. The van der Waals surface area contributed by atoms with Crippen LogP contribution in [-0.2, 0) is 11.3 Å². The van der Waals surface area contributed by atoms with E-state index in [0.29, 0.717) is 29.6 Å². The molecule has 0 aliphatic carbocycles. The molecule has 2 heterocycles. The summed E-state index contributed by atoms with van der Waals surface area (Å²) >= 11 is 0. The van der Waals surface area contributed by atoms with Gasteiger partial charge in [0.05, 0.1) is 0 Å². The van der Waals surface area contributed by atoms with Crippen molar-refractivity contribution in [1.82, 2.24) is 15.5 Å². The maximum Gasteiger partial charge on any atom is 0.413 e. The largest absolute Gasteiger partial charge is 0.451 e. The number of piperazine rings is 1. The standard InChI is InChI=1S/C22H22N4O4.ClH/c23-20(25-22(28)29-14-15-4-2-1-3-5-15)16-6-7-18-17(12-16)13-19(30-18)21(27)26-10-8-24-9-11-26;/h1-7,12-13,24H,8-11,14H2,(H2,23,25,28);1H. The first-order valence-corrected chi connectivity index (χ1v) is 9.70. The van der Waals surface area contributed by atoms with Gasteiger partial charge in [0.25, 0.3) is 5.91 Å². The molecule has 4 rings (SSSR count). The minimum atomic E-state index is -0.703. The topological polar surface area (TPSA) is 108 Å². The van der Waals surface area contributed by atoms with Gasteiger partial charge in [0.2, 0.25) is 0 Å². The van der Waals surface area contributed by atoms with E-state index in [1.54, 1.807) is 29.2 Å². The third kappa shape index (κ3) is 5.42. The summed E-state index contributed by atoms with van der Waals surface area (Å²) in [4.78, 5) is 26.3. The number of carbonyl (C=O) groups excluding carboxylic acids is 2. The third-order valence-corrected chi connectivity index (χ3v) is 4.86.